The summed E-state index contributed by atoms with van der Waals surface area (Å²) in [5.41, 5.74) is 1.18. The maximum Gasteiger partial charge on any atom is 0.110 e. The zero-order valence-electron chi connectivity index (χ0n) is 10.3. The molecule has 92 valence electrons. The molecular formula is C14H15N3S. The summed E-state index contributed by atoms with van der Waals surface area (Å²) in [6.45, 7) is 0.903. The lowest BCUT2D eigenvalue weighted by Gasteiger charge is -2.06. The van der Waals surface area contributed by atoms with Gasteiger partial charge in [0.2, 0.25) is 0 Å². The van der Waals surface area contributed by atoms with Crippen molar-refractivity contribution in [1.82, 2.24) is 9.55 Å². The van der Waals surface area contributed by atoms with Gasteiger partial charge in [-0.3, -0.25) is 0 Å². The topological polar surface area (TPSA) is 29.9 Å². The van der Waals surface area contributed by atoms with Gasteiger partial charge in [0.25, 0.3) is 0 Å². The molecule has 3 nitrogen and oxygen atoms in total. The maximum absolute atomic E-state index is 4.31. The van der Waals surface area contributed by atoms with Gasteiger partial charge in [-0.15, -0.1) is 11.3 Å². The fraction of sp³-hybridized carbons (Fsp3) is 0.214. The Hall–Kier alpha value is -1.81. The quantitative estimate of drug-likeness (QED) is 0.777. The predicted octanol–water partition coefficient (Wildman–Crippen LogP) is 3.29. The Kier molecular flexibility index (Phi) is 3.02. The Morgan fingerprint density at radius 1 is 1.33 bits per heavy atom. The molecule has 0 spiro atoms. The number of hydrogen-bond acceptors (Lipinski definition) is 3. The minimum absolute atomic E-state index is 0.903. The Labute approximate surface area is 110 Å². The summed E-state index contributed by atoms with van der Waals surface area (Å²) in [4.78, 5) is 4.31. The number of rotatable bonds is 4. The van der Waals surface area contributed by atoms with Gasteiger partial charge < -0.3 is 9.88 Å². The molecule has 0 aliphatic heterocycles. The number of nitrogens with one attached hydrogen (secondary N) is 1. The molecule has 2 aromatic heterocycles. The zero-order valence-corrected chi connectivity index (χ0v) is 11.1. The van der Waals surface area contributed by atoms with Crippen LogP contribution in [0.15, 0.2) is 42.0 Å². The first-order chi connectivity index (χ1) is 8.83. The van der Waals surface area contributed by atoms with Crippen molar-refractivity contribution in [1.29, 1.82) is 0 Å². The van der Waals surface area contributed by atoms with Crippen molar-refractivity contribution in [3.63, 3.8) is 0 Å². The van der Waals surface area contributed by atoms with Gasteiger partial charge >= 0.3 is 0 Å². The highest BCUT2D eigenvalue weighted by atomic mass is 32.1. The Morgan fingerprint density at radius 3 is 3.11 bits per heavy atom. The van der Waals surface area contributed by atoms with Crippen LogP contribution in [0.1, 0.15) is 5.82 Å². The number of fused-ring (bicyclic) bond motifs is 1. The highest BCUT2D eigenvalue weighted by Gasteiger charge is 2.00. The van der Waals surface area contributed by atoms with E-state index < -0.39 is 0 Å². The van der Waals surface area contributed by atoms with Crippen molar-refractivity contribution in [2.24, 2.45) is 7.05 Å². The number of aromatic nitrogens is 2. The molecule has 1 aromatic carbocycles. The summed E-state index contributed by atoms with van der Waals surface area (Å²) in [5.74, 6) is 1.11. The lowest BCUT2D eigenvalue weighted by molar-refractivity contribution is 0.790. The van der Waals surface area contributed by atoms with Crippen LogP contribution in [0.5, 0.6) is 0 Å². The molecule has 0 fully saturated rings. The van der Waals surface area contributed by atoms with E-state index in [-0.39, 0.29) is 0 Å². The van der Waals surface area contributed by atoms with Crippen LogP contribution >= 0.6 is 11.3 Å². The molecule has 0 atom stereocenters. The van der Waals surface area contributed by atoms with Crippen LogP contribution in [0.3, 0.4) is 0 Å². The van der Waals surface area contributed by atoms with Crippen LogP contribution in [0.25, 0.3) is 10.1 Å². The summed E-state index contributed by atoms with van der Waals surface area (Å²) < 4.78 is 3.40. The van der Waals surface area contributed by atoms with Crippen LogP contribution in [-0.4, -0.2) is 16.1 Å². The number of thiophene rings is 1. The monoisotopic (exact) mass is 257 g/mol. The van der Waals surface area contributed by atoms with Gasteiger partial charge in [-0.05, 0) is 35.0 Å². The molecule has 3 rings (SSSR count). The molecule has 0 bridgehead atoms. The molecule has 0 aliphatic rings. The van der Waals surface area contributed by atoms with E-state index >= 15 is 0 Å². The molecule has 3 aromatic rings. The van der Waals surface area contributed by atoms with E-state index in [0.29, 0.717) is 0 Å². The minimum atomic E-state index is 0.903. The standard InChI is InChI=1S/C14H15N3S/c1-17-8-7-16-14(17)4-6-15-12-2-3-13-11(10-12)5-9-18-13/h2-3,5,7-10,15H,4,6H2,1H3. The molecule has 2 heterocycles. The predicted molar refractivity (Wildman–Crippen MR) is 77.2 cm³/mol. The first-order valence-electron chi connectivity index (χ1n) is 6.00. The molecule has 0 saturated heterocycles. The van der Waals surface area contributed by atoms with E-state index in [2.05, 4.69) is 44.5 Å². The fourth-order valence-corrected chi connectivity index (χ4v) is 2.80. The van der Waals surface area contributed by atoms with Crippen molar-refractivity contribution in [2.45, 2.75) is 6.42 Å². The average Bonchev–Trinajstić information content (AvgIpc) is 2.98. The number of hydrogen-bond donors (Lipinski definition) is 1. The highest BCUT2D eigenvalue weighted by Crippen LogP contribution is 2.23. The first kappa shape index (κ1) is 11.3. The van der Waals surface area contributed by atoms with E-state index in [0.717, 1.165) is 18.8 Å². The number of aryl methyl sites for hydroxylation is 1. The van der Waals surface area contributed by atoms with E-state index in [4.69, 9.17) is 0 Å². The number of nitrogens with zero attached hydrogens (tertiary/aromatic N) is 2. The van der Waals surface area contributed by atoms with E-state index in [1.807, 2.05) is 19.4 Å². The Morgan fingerprint density at radius 2 is 2.28 bits per heavy atom. The summed E-state index contributed by atoms with van der Waals surface area (Å²) in [6.07, 6.45) is 4.75. The number of anilines is 1. The summed E-state index contributed by atoms with van der Waals surface area (Å²) in [5, 5.41) is 6.88. The Balaban J connectivity index is 1.64. The molecule has 1 N–H and O–H groups in total. The number of imidazole rings is 1. The van der Waals surface area contributed by atoms with Crippen molar-refractivity contribution >= 4 is 27.1 Å². The fourth-order valence-electron chi connectivity index (χ4n) is 2.03. The third kappa shape index (κ3) is 2.24. The van der Waals surface area contributed by atoms with Crippen LogP contribution in [0.4, 0.5) is 5.69 Å². The van der Waals surface area contributed by atoms with Gasteiger partial charge in [0.1, 0.15) is 5.82 Å². The molecule has 4 heteroatoms. The molecular weight excluding hydrogens is 242 g/mol. The largest absolute Gasteiger partial charge is 0.385 e. The second-order valence-electron chi connectivity index (χ2n) is 4.30. The lowest BCUT2D eigenvalue weighted by Crippen LogP contribution is -2.08. The summed E-state index contributed by atoms with van der Waals surface area (Å²) in [7, 11) is 2.03. The van der Waals surface area contributed by atoms with Crippen molar-refractivity contribution < 1.29 is 0 Å². The van der Waals surface area contributed by atoms with E-state index in [1.165, 1.54) is 15.8 Å². The molecule has 18 heavy (non-hydrogen) atoms. The summed E-state index contributed by atoms with van der Waals surface area (Å²) in [6, 6.07) is 8.66. The molecule has 0 aliphatic carbocycles. The van der Waals surface area contributed by atoms with Gasteiger partial charge in [-0.25, -0.2) is 4.98 Å². The van der Waals surface area contributed by atoms with Crippen LogP contribution in [0, 0.1) is 0 Å². The SMILES string of the molecule is Cn1ccnc1CCNc1ccc2sccc2c1. The van der Waals surface area contributed by atoms with Crippen molar-refractivity contribution in [3.8, 4) is 0 Å². The van der Waals surface area contributed by atoms with Crippen LogP contribution < -0.4 is 5.32 Å². The molecule has 0 unspecified atom stereocenters. The second kappa shape index (κ2) is 4.82. The van der Waals surface area contributed by atoms with Crippen molar-refractivity contribution in [3.05, 3.63) is 47.9 Å². The first-order valence-corrected chi connectivity index (χ1v) is 6.88. The highest BCUT2D eigenvalue weighted by molar-refractivity contribution is 7.17. The van der Waals surface area contributed by atoms with Gasteiger partial charge in [-0.1, -0.05) is 0 Å². The third-order valence-corrected chi connectivity index (χ3v) is 3.95. The molecule has 0 amide bonds. The molecule has 0 radical (unpaired) electrons. The minimum Gasteiger partial charge on any atom is -0.385 e. The smallest absolute Gasteiger partial charge is 0.110 e. The summed E-state index contributed by atoms with van der Waals surface area (Å²) >= 11 is 1.78. The van der Waals surface area contributed by atoms with E-state index in [1.54, 1.807) is 11.3 Å². The zero-order chi connectivity index (χ0) is 12.4. The second-order valence-corrected chi connectivity index (χ2v) is 5.25. The van der Waals surface area contributed by atoms with Gasteiger partial charge in [0, 0.05) is 42.8 Å². The van der Waals surface area contributed by atoms with Crippen LogP contribution in [-0.2, 0) is 13.5 Å². The van der Waals surface area contributed by atoms with Gasteiger partial charge in [-0.2, -0.15) is 0 Å². The normalized spacial score (nSPS) is 10.9. The van der Waals surface area contributed by atoms with Gasteiger partial charge in [0.15, 0.2) is 0 Å². The lowest BCUT2D eigenvalue weighted by atomic mass is 10.2. The van der Waals surface area contributed by atoms with E-state index in [9.17, 15) is 0 Å². The van der Waals surface area contributed by atoms with Crippen molar-refractivity contribution in [2.75, 3.05) is 11.9 Å². The van der Waals surface area contributed by atoms with Crippen LogP contribution in [0.2, 0.25) is 0 Å². The number of benzene rings is 1. The Bertz CT molecular complexity index is 654. The van der Waals surface area contributed by atoms with Gasteiger partial charge in [0.05, 0.1) is 0 Å². The maximum atomic E-state index is 4.31. The average molecular weight is 257 g/mol. The third-order valence-electron chi connectivity index (χ3n) is 3.05. The molecule has 0 saturated carbocycles.